The quantitative estimate of drug-likeness (QED) is 0.839. The summed E-state index contributed by atoms with van der Waals surface area (Å²) in [6.07, 6.45) is 0. The maximum absolute atomic E-state index is 12.0. The number of nitrogens with one attached hydrogen (secondary N) is 1. The molecule has 1 amide bonds. The van der Waals surface area contributed by atoms with Gasteiger partial charge in [-0.3, -0.25) is 4.79 Å². The predicted molar refractivity (Wildman–Crippen MR) is 89.2 cm³/mol. The van der Waals surface area contributed by atoms with Gasteiger partial charge in [0.1, 0.15) is 6.07 Å². The average molecular weight is 347 g/mol. The van der Waals surface area contributed by atoms with Gasteiger partial charge in [0.15, 0.2) is 18.1 Å². The molecule has 7 heteroatoms. The third kappa shape index (κ3) is 4.38. The molecular weight excluding hydrogens is 332 g/mol. The highest BCUT2D eigenvalue weighted by molar-refractivity contribution is 6.31. The zero-order valence-corrected chi connectivity index (χ0v) is 13.6. The van der Waals surface area contributed by atoms with Crippen LogP contribution in [0.1, 0.15) is 11.1 Å². The fourth-order valence-corrected chi connectivity index (χ4v) is 2.15. The van der Waals surface area contributed by atoms with E-state index in [0.29, 0.717) is 33.3 Å². The molecule has 0 heterocycles. The summed E-state index contributed by atoms with van der Waals surface area (Å²) >= 11 is 5.87. The minimum absolute atomic E-state index is 0.122. The number of benzene rings is 2. The predicted octanol–water partition coefficient (Wildman–Crippen LogP) is 2.73. The lowest BCUT2D eigenvalue weighted by Crippen LogP contribution is -2.21. The van der Waals surface area contributed by atoms with Crippen molar-refractivity contribution in [2.75, 3.05) is 19.0 Å². The molecule has 2 aromatic carbocycles. The van der Waals surface area contributed by atoms with Gasteiger partial charge in [-0.1, -0.05) is 17.7 Å². The fourth-order valence-electron chi connectivity index (χ4n) is 1.98. The lowest BCUT2D eigenvalue weighted by atomic mass is 10.2. The minimum atomic E-state index is -0.443. The average Bonchev–Trinajstić information content (AvgIpc) is 2.60. The molecule has 2 rings (SSSR count). The van der Waals surface area contributed by atoms with Crippen molar-refractivity contribution >= 4 is 23.2 Å². The van der Waals surface area contributed by atoms with Crippen LogP contribution in [0.4, 0.5) is 5.69 Å². The summed E-state index contributed by atoms with van der Waals surface area (Å²) in [5.41, 5.74) is 1.29. The summed E-state index contributed by atoms with van der Waals surface area (Å²) in [5.74, 6) is 0.341. The molecule has 0 aliphatic rings. The van der Waals surface area contributed by atoms with E-state index in [4.69, 9.17) is 31.4 Å². The van der Waals surface area contributed by atoms with Gasteiger partial charge in [0.05, 0.1) is 25.0 Å². The maximum atomic E-state index is 12.0. The third-order valence-corrected chi connectivity index (χ3v) is 3.38. The monoisotopic (exact) mass is 346 g/mol. The van der Waals surface area contributed by atoms with E-state index in [-0.39, 0.29) is 13.2 Å². The molecule has 0 unspecified atom stereocenters. The van der Waals surface area contributed by atoms with E-state index in [1.807, 2.05) is 6.07 Å². The van der Waals surface area contributed by atoms with Crippen molar-refractivity contribution in [3.63, 3.8) is 0 Å². The van der Waals surface area contributed by atoms with Crippen LogP contribution >= 0.6 is 11.6 Å². The van der Waals surface area contributed by atoms with Crippen LogP contribution in [0.15, 0.2) is 36.4 Å². The molecule has 0 atom stereocenters. The molecule has 2 N–H and O–H groups in total. The Labute approximate surface area is 144 Å². The minimum Gasteiger partial charge on any atom is -0.493 e. The van der Waals surface area contributed by atoms with Crippen LogP contribution in [0, 0.1) is 11.3 Å². The van der Waals surface area contributed by atoms with Gasteiger partial charge in [0.25, 0.3) is 5.91 Å². The number of nitriles is 1. The number of rotatable bonds is 6. The summed E-state index contributed by atoms with van der Waals surface area (Å²) in [5, 5.41) is 21.1. The Morgan fingerprint density at radius 2 is 2.08 bits per heavy atom. The first-order valence-electron chi connectivity index (χ1n) is 6.97. The molecule has 0 saturated heterocycles. The molecule has 0 aliphatic heterocycles. The van der Waals surface area contributed by atoms with E-state index in [1.165, 1.54) is 19.2 Å². The van der Waals surface area contributed by atoms with Crippen LogP contribution in [0.5, 0.6) is 11.5 Å². The molecule has 124 valence electrons. The van der Waals surface area contributed by atoms with Gasteiger partial charge in [-0.2, -0.15) is 5.26 Å². The number of ether oxygens (including phenoxy) is 2. The number of carbonyl (C=O) groups excluding carboxylic acids is 1. The van der Waals surface area contributed by atoms with Crippen molar-refractivity contribution in [2.45, 2.75) is 6.61 Å². The molecular formula is C17H15ClN2O4. The van der Waals surface area contributed by atoms with Crippen LogP contribution in [-0.2, 0) is 11.4 Å². The SMILES string of the molecule is COc1cc(CO)ccc1OCC(=O)Nc1cc(Cl)ccc1C#N. The van der Waals surface area contributed by atoms with Gasteiger partial charge in [-0.15, -0.1) is 0 Å². The number of carbonyl (C=O) groups is 1. The lowest BCUT2D eigenvalue weighted by Gasteiger charge is -2.12. The normalized spacial score (nSPS) is 9.92. The Hall–Kier alpha value is -2.75. The van der Waals surface area contributed by atoms with Crippen molar-refractivity contribution in [3.05, 3.63) is 52.5 Å². The standard InChI is InChI=1S/C17H15ClN2O4/c1-23-16-6-11(9-21)2-5-15(16)24-10-17(22)20-14-7-13(18)4-3-12(14)8-19/h2-7,21H,9-10H2,1H3,(H,20,22). The Balaban J connectivity index is 2.04. The largest absolute Gasteiger partial charge is 0.493 e. The first kappa shape index (κ1) is 17.6. The summed E-state index contributed by atoms with van der Waals surface area (Å²) in [6, 6.07) is 11.5. The van der Waals surface area contributed by atoms with Gasteiger partial charge in [-0.05, 0) is 35.9 Å². The summed E-state index contributed by atoms with van der Waals surface area (Å²) in [7, 11) is 1.47. The van der Waals surface area contributed by atoms with E-state index >= 15 is 0 Å². The van der Waals surface area contributed by atoms with E-state index in [9.17, 15) is 4.79 Å². The maximum Gasteiger partial charge on any atom is 0.262 e. The van der Waals surface area contributed by atoms with E-state index in [2.05, 4.69) is 5.32 Å². The number of aliphatic hydroxyl groups excluding tert-OH is 1. The molecule has 0 spiro atoms. The van der Waals surface area contributed by atoms with Gasteiger partial charge in [-0.25, -0.2) is 0 Å². The highest BCUT2D eigenvalue weighted by Gasteiger charge is 2.11. The lowest BCUT2D eigenvalue weighted by molar-refractivity contribution is -0.118. The smallest absolute Gasteiger partial charge is 0.262 e. The highest BCUT2D eigenvalue weighted by Crippen LogP contribution is 2.28. The van der Waals surface area contributed by atoms with Crippen molar-refractivity contribution in [1.29, 1.82) is 5.26 Å². The Kier molecular flexibility index (Phi) is 6.01. The zero-order valence-electron chi connectivity index (χ0n) is 12.9. The first-order chi connectivity index (χ1) is 11.6. The Morgan fingerprint density at radius 1 is 1.29 bits per heavy atom. The number of hydrogen-bond acceptors (Lipinski definition) is 5. The summed E-state index contributed by atoms with van der Waals surface area (Å²) in [6.45, 7) is -0.394. The summed E-state index contributed by atoms with van der Waals surface area (Å²) < 4.78 is 10.6. The number of hydrogen-bond donors (Lipinski definition) is 2. The second-order valence-electron chi connectivity index (χ2n) is 4.78. The Morgan fingerprint density at radius 3 is 2.75 bits per heavy atom. The topological polar surface area (TPSA) is 91.6 Å². The number of nitrogens with zero attached hydrogens (tertiary/aromatic N) is 1. The fraction of sp³-hybridized carbons (Fsp3) is 0.176. The molecule has 24 heavy (non-hydrogen) atoms. The van der Waals surface area contributed by atoms with Crippen LogP contribution in [-0.4, -0.2) is 24.7 Å². The molecule has 0 fully saturated rings. The Bertz CT molecular complexity index is 787. The zero-order chi connectivity index (χ0) is 17.5. The molecule has 2 aromatic rings. The van der Waals surface area contributed by atoms with E-state index in [1.54, 1.807) is 24.3 Å². The van der Waals surface area contributed by atoms with Crippen LogP contribution in [0.3, 0.4) is 0 Å². The molecule has 0 aliphatic carbocycles. The highest BCUT2D eigenvalue weighted by atomic mass is 35.5. The molecule has 0 bridgehead atoms. The van der Waals surface area contributed by atoms with E-state index < -0.39 is 5.91 Å². The number of aliphatic hydroxyl groups is 1. The summed E-state index contributed by atoms with van der Waals surface area (Å²) in [4.78, 5) is 12.0. The van der Waals surface area contributed by atoms with Crippen molar-refractivity contribution < 1.29 is 19.4 Å². The first-order valence-corrected chi connectivity index (χ1v) is 7.35. The number of anilines is 1. The molecule has 0 aromatic heterocycles. The van der Waals surface area contributed by atoms with Gasteiger partial charge >= 0.3 is 0 Å². The van der Waals surface area contributed by atoms with Crippen LogP contribution in [0.2, 0.25) is 5.02 Å². The van der Waals surface area contributed by atoms with E-state index in [0.717, 1.165) is 0 Å². The van der Waals surface area contributed by atoms with Gasteiger partial charge in [0.2, 0.25) is 0 Å². The number of halogens is 1. The number of amides is 1. The van der Waals surface area contributed by atoms with Crippen molar-refractivity contribution in [1.82, 2.24) is 0 Å². The third-order valence-electron chi connectivity index (χ3n) is 3.15. The molecule has 0 radical (unpaired) electrons. The van der Waals surface area contributed by atoms with Crippen molar-refractivity contribution in [2.24, 2.45) is 0 Å². The van der Waals surface area contributed by atoms with Gasteiger partial charge < -0.3 is 19.9 Å². The molecule has 0 saturated carbocycles. The van der Waals surface area contributed by atoms with Gasteiger partial charge in [0, 0.05) is 5.02 Å². The second kappa shape index (κ2) is 8.20. The molecule has 6 nitrogen and oxygen atoms in total. The van der Waals surface area contributed by atoms with Crippen LogP contribution in [0.25, 0.3) is 0 Å². The number of methoxy groups -OCH3 is 1. The second-order valence-corrected chi connectivity index (χ2v) is 5.22. The van der Waals surface area contributed by atoms with Crippen LogP contribution < -0.4 is 14.8 Å². The van der Waals surface area contributed by atoms with Crippen molar-refractivity contribution in [3.8, 4) is 17.6 Å².